The summed E-state index contributed by atoms with van der Waals surface area (Å²) in [6.45, 7) is 6.22. The van der Waals surface area contributed by atoms with Crippen LogP contribution in [0.25, 0.3) is 21.8 Å². The second kappa shape index (κ2) is 11.3. The molecule has 0 bridgehead atoms. The highest BCUT2D eigenvalue weighted by Crippen LogP contribution is 2.35. The van der Waals surface area contributed by atoms with Gasteiger partial charge in [-0.25, -0.2) is 0 Å². The molecule has 0 saturated carbocycles. The predicted octanol–water partition coefficient (Wildman–Crippen LogP) is 6.30. The van der Waals surface area contributed by atoms with Crippen molar-refractivity contribution in [3.8, 4) is 11.5 Å². The first kappa shape index (κ1) is 26.6. The molecule has 194 valence electrons. The minimum absolute atomic E-state index is 0.0689. The van der Waals surface area contributed by atoms with Crippen LogP contribution in [0.1, 0.15) is 43.4 Å². The van der Waals surface area contributed by atoms with Gasteiger partial charge in [0.1, 0.15) is 12.3 Å². The monoisotopic (exact) mass is 521 g/mol. The van der Waals surface area contributed by atoms with E-state index in [1.165, 1.54) is 12.7 Å². The van der Waals surface area contributed by atoms with Gasteiger partial charge in [0.05, 0.1) is 42.3 Å². The van der Waals surface area contributed by atoms with Gasteiger partial charge in [-0.1, -0.05) is 37.6 Å². The van der Waals surface area contributed by atoms with E-state index in [0.717, 1.165) is 29.7 Å². The normalized spacial score (nSPS) is 11.3. The largest absolute Gasteiger partial charge is 0.497 e. The Morgan fingerprint density at radius 1 is 0.973 bits per heavy atom. The lowest BCUT2D eigenvalue weighted by molar-refractivity contribution is -0.143. The molecule has 1 heterocycles. The second-order valence-electron chi connectivity index (χ2n) is 9.27. The molecule has 0 amide bonds. The number of nitrogens with zero attached hydrogens (tertiary/aromatic N) is 1. The molecular weight excluding hydrogens is 490 g/mol. The fourth-order valence-electron chi connectivity index (χ4n) is 4.84. The van der Waals surface area contributed by atoms with Crippen LogP contribution < -0.4 is 14.9 Å². The van der Waals surface area contributed by atoms with Gasteiger partial charge in [-0.15, -0.1) is 0 Å². The van der Waals surface area contributed by atoms with E-state index in [1.807, 2.05) is 24.3 Å². The number of esters is 1. The maximum absolute atomic E-state index is 13.8. The lowest BCUT2D eigenvalue weighted by Gasteiger charge is -2.21. The number of aryl methyl sites for hydroxylation is 2. The molecule has 0 atom stereocenters. The van der Waals surface area contributed by atoms with Gasteiger partial charge in [0.15, 0.2) is 11.2 Å². The van der Waals surface area contributed by atoms with Gasteiger partial charge >= 0.3 is 5.97 Å². The Bertz CT molecular complexity index is 1510. The van der Waals surface area contributed by atoms with Crippen LogP contribution in [-0.4, -0.2) is 31.4 Å². The van der Waals surface area contributed by atoms with Crippen molar-refractivity contribution in [2.75, 3.05) is 20.8 Å². The minimum Gasteiger partial charge on any atom is -0.497 e. The molecule has 37 heavy (non-hydrogen) atoms. The van der Waals surface area contributed by atoms with Crippen molar-refractivity contribution in [2.24, 2.45) is 0 Å². The number of fused-ring (bicyclic) bond motifs is 2. The van der Waals surface area contributed by atoms with Crippen molar-refractivity contribution in [2.45, 2.75) is 46.1 Å². The van der Waals surface area contributed by atoms with Gasteiger partial charge in [0.2, 0.25) is 0 Å². The maximum Gasteiger partial charge on any atom is 0.325 e. The SMILES string of the molecule is CCOC(=O)Cn1c2cc(C(C)C)c(CCc3ccc(OC)cc3)cc2c(=O)c2ccc(Cl)c(OC)c21. The molecule has 4 rings (SSSR count). The van der Waals surface area contributed by atoms with E-state index < -0.39 is 5.97 Å². The highest BCUT2D eigenvalue weighted by molar-refractivity contribution is 6.33. The Labute approximate surface area is 221 Å². The predicted molar refractivity (Wildman–Crippen MR) is 148 cm³/mol. The zero-order valence-corrected chi connectivity index (χ0v) is 22.6. The van der Waals surface area contributed by atoms with Crippen LogP contribution >= 0.6 is 11.6 Å². The Morgan fingerprint density at radius 3 is 2.32 bits per heavy atom. The third kappa shape index (κ3) is 5.30. The molecule has 0 saturated heterocycles. The number of methoxy groups -OCH3 is 2. The molecule has 0 radical (unpaired) electrons. The number of ether oxygens (including phenoxy) is 3. The Balaban J connectivity index is 1.94. The Morgan fingerprint density at radius 2 is 1.70 bits per heavy atom. The van der Waals surface area contributed by atoms with Crippen LogP contribution in [0.15, 0.2) is 53.3 Å². The molecule has 0 aliphatic heterocycles. The number of hydrogen-bond acceptors (Lipinski definition) is 5. The molecule has 0 N–H and O–H groups in total. The van der Waals surface area contributed by atoms with Gasteiger partial charge in [0, 0.05) is 5.39 Å². The Hall–Kier alpha value is -3.51. The molecule has 4 aromatic rings. The number of carbonyl (C=O) groups excluding carboxylic acids is 1. The van der Waals surface area contributed by atoms with Gasteiger partial charge in [-0.3, -0.25) is 9.59 Å². The fourth-order valence-corrected chi connectivity index (χ4v) is 5.07. The van der Waals surface area contributed by atoms with E-state index in [0.29, 0.717) is 32.6 Å². The number of benzene rings is 3. The summed E-state index contributed by atoms with van der Waals surface area (Å²) >= 11 is 6.44. The van der Waals surface area contributed by atoms with Gasteiger partial charge in [0.25, 0.3) is 0 Å². The summed E-state index contributed by atoms with van der Waals surface area (Å²) in [6.07, 6.45) is 1.60. The number of rotatable bonds is 9. The van der Waals surface area contributed by atoms with Crippen molar-refractivity contribution >= 4 is 39.4 Å². The molecule has 0 spiro atoms. The van der Waals surface area contributed by atoms with Crippen LogP contribution in [0.2, 0.25) is 5.02 Å². The van der Waals surface area contributed by atoms with Crippen molar-refractivity contribution in [3.63, 3.8) is 0 Å². The average Bonchev–Trinajstić information content (AvgIpc) is 2.89. The Kier molecular flexibility index (Phi) is 8.08. The molecule has 0 aliphatic rings. The molecule has 1 aromatic heterocycles. The van der Waals surface area contributed by atoms with E-state index in [-0.39, 0.29) is 24.5 Å². The topological polar surface area (TPSA) is 66.8 Å². The smallest absolute Gasteiger partial charge is 0.325 e. The molecular formula is C30H32ClNO5. The summed E-state index contributed by atoms with van der Waals surface area (Å²) in [4.78, 5) is 26.4. The minimum atomic E-state index is -0.398. The van der Waals surface area contributed by atoms with E-state index in [4.69, 9.17) is 25.8 Å². The number of hydrogen-bond donors (Lipinski definition) is 0. The number of pyridine rings is 1. The standard InChI is InChI=1S/C30H32ClNO5/c1-6-37-27(33)17-32-26-16-23(18(2)3)20(10-7-19-8-11-21(35-4)12-9-19)15-24(26)29(34)22-13-14-25(31)30(36-5)28(22)32/h8-9,11-16,18H,6-7,10,17H2,1-5H3. The molecule has 7 heteroatoms. The first-order valence-electron chi connectivity index (χ1n) is 12.4. The number of carbonyl (C=O) groups is 1. The van der Waals surface area contributed by atoms with Gasteiger partial charge in [-0.2, -0.15) is 0 Å². The van der Waals surface area contributed by atoms with Gasteiger partial charge < -0.3 is 18.8 Å². The number of aromatic nitrogens is 1. The summed E-state index contributed by atoms with van der Waals surface area (Å²) in [7, 11) is 3.16. The zero-order valence-electron chi connectivity index (χ0n) is 21.9. The van der Waals surface area contributed by atoms with Gasteiger partial charge in [-0.05, 0) is 78.8 Å². The van der Waals surface area contributed by atoms with Crippen molar-refractivity contribution in [3.05, 3.63) is 80.5 Å². The second-order valence-corrected chi connectivity index (χ2v) is 9.68. The average molecular weight is 522 g/mol. The quantitative estimate of drug-likeness (QED) is 0.191. The zero-order chi connectivity index (χ0) is 26.7. The van der Waals surface area contributed by atoms with Crippen LogP contribution in [-0.2, 0) is 28.9 Å². The lowest BCUT2D eigenvalue weighted by Crippen LogP contribution is -2.19. The third-order valence-electron chi connectivity index (χ3n) is 6.65. The first-order valence-corrected chi connectivity index (χ1v) is 12.8. The lowest BCUT2D eigenvalue weighted by atomic mass is 9.91. The van der Waals surface area contributed by atoms with E-state index in [2.05, 4.69) is 26.0 Å². The summed E-state index contributed by atoms with van der Waals surface area (Å²) in [5, 5.41) is 1.36. The fraction of sp³-hybridized carbons (Fsp3) is 0.333. The summed E-state index contributed by atoms with van der Waals surface area (Å²) < 4.78 is 17.9. The van der Waals surface area contributed by atoms with E-state index in [1.54, 1.807) is 30.7 Å². The maximum atomic E-state index is 13.8. The van der Waals surface area contributed by atoms with Crippen molar-refractivity contribution in [1.29, 1.82) is 0 Å². The third-order valence-corrected chi connectivity index (χ3v) is 6.95. The van der Waals surface area contributed by atoms with Crippen molar-refractivity contribution < 1.29 is 19.0 Å². The van der Waals surface area contributed by atoms with Crippen LogP contribution in [0, 0.1) is 0 Å². The first-order chi connectivity index (χ1) is 17.8. The molecule has 3 aromatic carbocycles. The van der Waals surface area contributed by atoms with Crippen molar-refractivity contribution in [1.82, 2.24) is 4.57 Å². The number of halogens is 1. The van der Waals surface area contributed by atoms with Crippen LogP contribution in [0.4, 0.5) is 0 Å². The molecule has 0 fully saturated rings. The highest BCUT2D eigenvalue weighted by Gasteiger charge is 2.21. The summed E-state index contributed by atoms with van der Waals surface area (Å²) in [6, 6.07) is 15.4. The molecule has 6 nitrogen and oxygen atoms in total. The molecule has 0 aliphatic carbocycles. The van der Waals surface area contributed by atoms with E-state index in [9.17, 15) is 9.59 Å². The highest BCUT2D eigenvalue weighted by atomic mass is 35.5. The van der Waals surface area contributed by atoms with Crippen LogP contribution in [0.5, 0.6) is 11.5 Å². The summed E-state index contributed by atoms with van der Waals surface area (Å²) in [5.41, 5.74) is 4.44. The molecule has 0 unspecified atom stereocenters. The van der Waals surface area contributed by atoms with E-state index >= 15 is 0 Å². The van der Waals surface area contributed by atoms with Crippen LogP contribution in [0.3, 0.4) is 0 Å². The summed E-state index contributed by atoms with van der Waals surface area (Å²) in [5.74, 6) is 0.989.